The molecule has 0 saturated heterocycles. The first kappa shape index (κ1) is 15.2. The Balaban J connectivity index is 1.96. The first-order valence-electron chi connectivity index (χ1n) is 6.39. The van der Waals surface area contributed by atoms with Gasteiger partial charge in [-0.1, -0.05) is 37.3 Å². The Kier molecular flexibility index (Phi) is 4.91. The highest BCUT2D eigenvalue weighted by Crippen LogP contribution is 2.17. The summed E-state index contributed by atoms with van der Waals surface area (Å²) in [6.45, 7) is 4.12. The zero-order valence-electron chi connectivity index (χ0n) is 11.5. The molecular weight excluding hydrogens is 292 g/mol. The van der Waals surface area contributed by atoms with Gasteiger partial charge in [0, 0.05) is 11.4 Å². The summed E-state index contributed by atoms with van der Waals surface area (Å²) in [6.07, 6.45) is 0. The van der Waals surface area contributed by atoms with Gasteiger partial charge in [-0.05, 0) is 18.4 Å². The lowest BCUT2D eigenvalue weighted by atomic mass is 10.0. The molecule has 1 atom stereocenters. The van der Waals surface area contributed by atoms with Crippen molar-refractivity contribution in [3.8, 4) is 0 Å². The van der Waals surface area contributed by atoms with Gasteiger partial charge in [0.2, 0.25) is 10.0 Å². The Labute approximate surface area is 123 Å². The lowest BCUT2D eigenvalue weighted by Gasteiger charge is -2.13. The second-order valence-corrected chi connectivity index (χ2v) is 7.57. The van der Waals surface area contributed by atoms with Gasteiger partial charge in [0.05, 0.1) is 17.0 Å². The van der Waals surface area contributed by atoms with E-state index in [9.17, 15) is 8.42 Å². The molecule has 108 valence electrons. The lowest BCUT2D eigenvalue weighted by Crippen LogP contribution is -2.28. The monoisotopic (exact) mass is 310 g/mol. The van der Waals surface area contributed by atoms with Crippen LogP contribution in [0.2, 0.25) is 0 Å². The second kappa shape index (κ2) is 6.47. The van der Waals surface area contributed by atoms with Gasteiger partial charge < -0.3 is 0 Å². The predicted molar refractivity (Wildman–Crippen MR) is 82.3 cm³/mol. The van der Waals surface area contributed by atoms with Crippen LogP contribution in [0, 0.1) is 6.92 Å². The van der Waals surface area contributed by atoms with Crippen LogP contribution in [0.25, 0.3) is 0 Å². The molecule has 0 fully saturated rings. The number of hydrogen-bond donors (Lipinski definition) is 1. The largest absolute Gasteiger partial charge is 0.250 e. The van der Waals surface area contributed by atoms with Crippen LogP contribution in [0.15, 0.2) is 35.8 Å². The standard InChI is InChI=1S/C14H18N2O2S2/c1-11(13-6-4-3-5-7-13)9-20(17,18)16-8-14-12(2)15-10-19-14/h3-7,10-11,16H,8-9H2,1-2H3. The van der Waals surface area contributed by atoms with Crippen molar-refractivity contribution in [2.75, 3.05) is 5.75 Å². The number of hydrogen-bond acceptors (Lipinski definition) is 4. The van der Waals surface area contributed by atoms with E-state index in [2.05, 4.69) is 9.71 Å². The van der Waals surface area contributed by atoms with E-state index >= 15 is 0 Å². The minimum Gasteiger partial charge on any atom is -0.250 e. The Morgan fingerprint density at radius 3 is 2.60 bits per heavy atom. The van der Waals surface area contributed by atoms with Gasteiger partial charge in [-0.3, -0.25) is 0 Å². The molecule has 1 aromatic carbocycles. The average molecular weight is 310 g/mol. The third kappa shape index (κ3) is 4.13. The zero-order valence-corrected chi connectivity index (χ0v) is 13.2. The maximum atomic E-state index is 12.1. The molecule has 0 aliphatic carbocycles. The number of nitrogens with zero attached hydrogens (tertiary/aromatic N) is 1. The highest BCUT2D eigenvalue weighted by Gasteiger charge is 2.17. The fourth-order valence-corrected chi connectivity index (χ4v) is 4.08. The molecule has 0 amide bonds. The molecule has 1 aromatic heterocycles. The normalized spacial score (nSPS) is 13.3. The fourth-order valence-electron chi connectivity index (χ4n) is 1.94. The molecule has 1 unspecified atom stereocenters. The molecule has 0 aliphatic rings. The van der Waals surface area contributed by atoms with Gasteiger partial charge in [-0.2, -0.15) is 0 Å². The SMILES string of the molecule is Cc1ncsc1CNS(=O)(=O)CC(C)c1ccccc1. The second-order valence-electron chi connectivity index (χ2n) is 4.78. The average Bonchev–Trinajstić information content (AvgIpc) is 2.83. The lowest BCUT2D eigenvalue weighted by molar-refractivity contribution is 0.576. The Morgan fingerprint density at radius 1 is 1.30 bits per heavy atom. The minimum atomic E-state index is -3.29. The van der Waals surface area contributed by atoms with E-state index in [4.69, 9.17) is 0 Å². The van der Waals surface area contributed by atoms with Gasteiger partial charge in [0.15, 0.2) is 0 Å². The molecule has 1 N–H and O–H groups in total. The van der Waals surface area contributed by atoms with E-state index in [1.54, 1.807) is 5.51 Å². The molecule has 0 aliphatic heterocycles. The first-order valence-corrected chi connectivity index (χ1v) is 8.92. The van der Waals surface area contributed by atoms with Crippen LogP contribution in [-0.2, 0) is 16.6 Å². The van der Waals surface area contributed by atoms with Crippen molar-refractivity contribution in [1.82, 2.24) is 9.71 Å². The van der Waals surface area contributed by atoms with Crippen molar-refractivity contribution in [1.29, 1.82) is 0 Å². The van der Waals surface area contributed by atoms with E-state index < -0.39 is 10.0 Å². The third-order valence-corrected chi connectivity index (χ3v) is 5.59. The van der Waals surface area contributed by atoms with Crippen molar-refractivity contribution in [3.63, 3.8) is 0 Å². The van der Waals surface area contributed by atoms with Crippen LogP contribution < -0.4 is 4.72 Å². The highest BCUT2D eigenvalue weighted by atomic mass is 32.2. The van der Waals surface area contributed by atoms with Crippen molar-refractivity contribution >= 4 is 21.4 Å². The van der Waals surface area contributed by atoms with Gasteiger partial charge >= 0.3 is 0 Å². The summed E-state index contributed by atoms with van der Waals surface area (Å²) < 4.78 is 26.8. The molecule has 0 saturated carbocycles. The van der Waals surface area contributed by atoms with Crippen molar-refractivity contribution in [3.05, 3.63) is 52.0 Å². The topological polar surface area (TPSA) is 59.1 Å². The molecule has 0 spiro atoms. The number of thiazole rings is 1. The summed E-state index contributed by atoms with van der Waals surface area (Å²) in [5.74, 6) is 0.0609. The summed E-state index contributed by atoms with van der Waals surface area (Å²) in [7, 11) is -3.29. The van der Waals surface area contributed by atoms with E-state index in [1.165, 1.54) is 11.3 Å². The molecule has 1 heterocycles. The van der Waals surface area contributed by atoms with Gasteiger partial charge in [-0.15, -0.1) is 11.3 Å². The van der Waals surface area contributed by atoms with Crippen molar-refractivity contribution in [2.24, 2.45) is 0 Å². The molecular formula is C14H18N2O2S2. The first-order chi connectivity index (χ1) is 9.48. The number of rotatable bonds is 6. The quantitative estimate of drug-likeness (QED) is 0.892. The molecule has 0 bridgehead atoms. The molecule has 2 rings (SSSR count). The van der Waals surface area contributed by atoms with Crippen molar-refractivity contribution < 1.29 is 8.42 Å². The summed E-state index contributed by atoms with van der Waals surface area (Å²) in [5, 5.41) is 0. The highest BCUT2D eigenvalue weighted by molar-refractivity contribution is 7.89. The zero-order chi connectivity index (χ0) is 14.6. The van der Waals surface area contributed by atoms with Crippen LogP contribution in [0.5, 0.6) is 0 Å². The summed E-state index contributed by atoms with van der Waals surface area (Å²) >= 11 is 1.47. The third-order valence-electron chi connectivity index (χ3n) is 3.14. The number of aryl methyl sites for hydroxylation is 1. The summed E-state index contributed by atoms with van der Waals surface area (Å²) in [5.41, 5.74) is 3.65. The summed E-state index contributed by atoms with van der Waals surface area (Å²) in [6, 6.07) is 9.68. The maximum absolute atomic E-state index is 12.1. The number of nitrogens with one attached hydrogen (secondary N) is 1. The Bertz CT molecular complexity index is 651. The number of benzene rings is 1. The summed E-state index contributed by atoms with van der Waals surface area (Å²) in [4.78, 5) is 5.07. The van der Waals surface area contributed by atoms with Crippen LogP contribution in [0.4, 0.5) is 0 Å². The Hall–Kier alpha value is -1.24. The van der Waals surface area contributed by atoms with E-state index in [0.717, 1.165) is 16.1 Å². The van der Waals surface area contributed by atoms with E-state index in [1.807, 2.05) is 44.2 Å². The maximum Gasteiger partial charge on any atom is 0.212 e. The molecule has 4 nitrogen and oxygen atoms in total. The smallest absolute Gasteiger partial charge is 0.212 e. The predicted octanol–water partition coefficient (Wildman–Crippen LogP) is 2.67. The van der Waals surface area contributed by atoms with Gasteiger partial charge in [-0.25, -0.2) is 18.1 Å². The van der Waals surface area contributed by atoms with E-state index in [0.29, 0.717) is 6.54 Å². The Morgan fingerprint density at radius 2 is 2.00 bits per heavy atom. The van der Waals surface area contributed by atoms with Crippen LogP contribution in [0.3, 0.4) is 0 Å². The van der Waals surface area contributed by atoms with Crippen LogP contribution in [0.1, 0.15) is 29.0 Å². The van der Waals surface area contributed by atoms with Gasteiger partial charge in [0.1, 0.15) is 0 Å². The fraction of sp³-hybridized carbons (Fsp3) is 0.357. The number of sulfonamides is 1. The van der Waals surface area contributed by atoms with Crippen LogP contribution >= 0.6 is 11.3 Å². The van der Waals surface area contributed by atoms with E-state index in [-0.39, 0.29) is 11.7 Å². The number of aromatic nitrogens is 1. The van der Waals surface area contributed by atoms with Crippen molar-refractivity contribution in [2.45, 2.75) is 26.3 Å². The molecule has 6 heteroatoms. The molecule has 0 radical (unpaired) electrons. The molecule has 2 aromatic rings. The minimum absolute atomic E-state index is 0.0312. The van der Waals surface area contributed by atoms with Crippen LogP contribution in [-0.4, -0.2) is 19.2 Å². The molecule has 20 heavy (non-hydrogen) atoms. The van der Waals surface area contributed by atoms with Gasteiger partial charge in [0.25, 0.3) is 0 Å².